The molecule has 0 saturated carbocycles. The molecule has 1 aromatic carbocycles. The van der Waals surface area contributed by atoms with E-state index in [1.165, 1.54) is 0 Å². The number of imidazole rings is 1. The highest BCUT2D eigenvalue weighted by Gasteiger charge is 2.12. The van der Waals surface area contributed by atoms with Crippen molar-refractivity contribution in [2.45, 2.75) is 0 Å². The van der Waals surface area contributed by atoms with Gasteiger partial charge in [0.15, 0.2) is 0 Å². The van der Waals surface area contributed by atoms with E-state index in [9.17, 15) is 0 Å². The molecule has 0 radical (unpaired) electrons. The highest BCUT2D eigenvalue weighted by Crippen LogP contribution is 2.29. The number of nitrogens with zero attached hydrogens (tertiary/aromatic N) is 2. The van der Waals surface area contributed by atoms with E-state index < -0.39 is 0 Å². The number of anilines is 1. The Hall–Kier alpha value is -1.71. The van der Waals surface area contributed by atoms with Crippen LogP contribution in [0.3, 0.4) is 0 Å². The molecule has 0 amide bonds. The Morgan fingerprint density at radius 1 is 1.00 bits per heavy atom. The molecule has 2 heterocycles. The molecule has 0 bridgehead atoms. The number of halogens is 2. The molecule has 0 atom stereocenters. The standard InChI is InChI=1S/C13H9Cl2N3/c14-9-6-4-8(5-7-9)12-13(16)18-10(15)2-1-3-11(18)17-12/h1-7H,16H2. The van der Waals surface area contributed by atoms with Gasteiger partial charge in [-0.15, -0.1) is 0 Å². The molecule has 0 fully saturated rings. The first-order chi connectivity index (χ1) is 8.66. The zero-order chi connectivity index (χ0) is 12.7. The van der Waals surface area contributed by atoms with Crippen LogP contribution >= 0.6 is 23.2 Å². The molecule has 2 aromatic heterocycles. The Bertz CT molecular complexity index is 717. The number of hydrogen-bond acceptors (Lipinski definition) is 2. The number of fused-ring (bicyclic) bond motifs is 1. The van der Waals surface area contributed by atoms with E-state index in [-0.39, 0.29) is 0 Å². The van der Waals surface area contributed by atoms with E-state index in [1.54, 1.807) is 10.5 Å². The number of nitrogen functional groups attached to an aromatic ring is 1. The summed E-state index contributed by atoms with van der Waals surface area (Å²) in [7, 11) is 0. The lowest BCUT2D eigenvalue weighted by Crippen LogP contribution is -1.95. The molecule has 0 aliphatic carbocycles. The number of aromatic nitrogens is 2. The molecule has 3 rings (SSSR count). The van der Waals surface area contributed by atoms with Crippen LogP contribution < -0.4 is 5.73 Å². The maximum atomic E-state index is 6.11. The van der Waals surface area contributed by atoms with Crippen LogP contribution in [-0.2, 0) is 0 Å². The lowest BCUT2D eigenvalue weighted by Gasteiger charge is -2.01. The average Bonchev–Trinajstić information content (AvgIpc) is 2.69. The molecular weight excluding hydrogens is 269 g/mol. The third-order valence-corrected chi connectivity index (χ3v) is 3.30. The summed E-state index contributed by atoms with van der Waals surface area (Å²) in [5.74, 6) is 0.526. The number of rotatable bonds is 1. The van der Waals surface area contributed by atoms with Crippen molar-refractivity contribution in [1.29, 1.82) is 0 Å². The normalized spacial score (nSPS) is 11.0. The van der Waals surface area contributed by atoms with E-state index >= 15 is 0 Å². The third-order valence-electron chi connectivity index (χ3n) is 2.75. The monoisotopic (exact) mass is 277 g/mol. The van der Waals surface area contributed by atoms with E-state index in [0.717, 1.165) is 11.2 Å². The highest BCUT2D eigenvalue weighted by atomic mass is 35.5. The summed E-state index contributed by atoms with van der Waals surface area (Å²) < 4.78 is 1.71. The van der Waals surface area contributed by atoms with E-state index in [1.807, 2.05) is 36.4 Å². The fraction of sp³-hybridized carbons (Fsp3) is 0. The van der Waals surface area contributed by atoms with Gasteiger partial charge in [0.05, 0.1) is 0 Å². The van der Waals surface area contributed by atoms with E-state index in [4.69, 9.17) is 28.9 Å². The van der Waals surface area contributed by atoms with Crippen molar-refractivity contribution in [1.82, 2.24) is 9.38 Å². The zero-order valence-electron chi connectivity index (χ0n) is 9.27. The Morgan fingerprint density at radius 2 is 1.72 bits per heavy atom. The van der Waals surface area contributed by atoms with Crippen molar-refractivity contribution in [3.05, 3.63) is 52.6 Å². The molecule has 5 heteroatoms. The second-order valence-corrected chi connectivity index (χ2v) is 4.72. The molecule has 0 unspecified atom stereocenters. The van der Waals surface area contributed by atoms with Crippen LogP contribution in [-0.4, -0.2) is 9.38 Å². The van der Waals surface area contributed by atoms with Gasteiger partial charge in [0.1, 0.15) is 22.3 Å². The number of nitrogens with two attached hydrogens (primary N) is 1. The quantitative estimate of drug-likeness (QED) is 0.686. The van der Waals surface area contributed by atoms with Crippen LogP contribution in [0.25, 0.3) is 16.9 Å². The SMILES string of the molecule is Nc1c(-c2ccc(Cl)cc2)nc2cccc(Cl)n12. The van der Waals surface area contributed by atoms with Gasteiger partial charge in [-0.05, 0) is 24.3 Å². The van der Waals surface area contributed by atoms with Gasteiger partial charge in [-0.3, -0.25) is 4.40 Å². The van der Waals surface area contributed by atoms with Gasteiger partial charge >= 0.3 is 0 Å². The largest absolute Gasteiger partial charge is 0.383 e. The summed E-state index contributed by atoms with van der Waals surface area (Å²) in [6.45, 7) is 0. The fourth-order valence-corrected chi connectivity index (χ4v) is 2.27. The Morgan fingerprint density at radius 3 is 2.39 bits per heavy atom. The lowest BCUT2D eigenvalue weighted by molar-refractivity contribution is 1.20. The summed E-state index contributed by atoms with van der Waals surface area (Å²) >= 11 is 12.0. The van der Waals surface area contributed by atoms with Gasteiger partial charge in [-0.2, -0.15) is 0 Å². The second-order valence-electron chi connectivity index (χ2n) is 3.89. The topological polar surface area (TPSA) is 43.3 Å². The Labute approximate surface area is 114 Å². The molecule has 90 valence electrons. The van der Waals surface area contributed by atoms with Crippen molar-refractivity contribution in [3.63, 3.8) is 0 Å². The summed E-state index contributed by atoms with van der Waals surface area (Å²) in [5, 5.41) is 1.22. The Kier molecular flexibility index (Phi) is 2.65. The van der Waals surface area contributed by atoms with Crippen LogP contribution in [0.1, 0.15) is 0 Å². The summed E-state index contributed by atoms with van der Waals surface area (Å²) in [6.07, 6.45) is 0. The molecule has 0 aliphatic heterocycles. The average molecular weight is 278 g/mol. The van der Waals surface area contributed by atoms with E-state index in [0.29, 0.717) is 21.7 Å². The molecular formula is C13H9Cl2N3. The van der Waals surface area contributed by atoms with Crippen molar-refractivity contribution in [3.8, 4) is 11.3 Å². The molecule has 0 saturated heterocycles. The van der Waals surface area contributed by atoms with Crippen molar-refractivity contribution in [2.24, 2.45) is 0 Å². The van der Waals surface area contributed by atoms with Gasteiger partial charge < -0.3 is 5.73 Å². The summed E-state index contributed by atoms with van der Waals surface area (Å²) in [4.78, 5) is 4.48. The minimum Gasteiger partial charge on any atom is -0.383 e. The molecule has 0 aliphatic rings. The van der Waals surface area contributed by atoms with E-state index in [2.05, 4.69) is 4.98 Å². The minimum absolute atomic E-state index is 0.526. The number of benzene rings is 1. The third kappa shape index (κ3) is 1.72. The molecule has 3 aromatic rings. The lowest BCUT2D eigenvalue weighted by atomic mass is 10.1. The maximum absolute atomic E-state index is 6.11. The van der Waals surface area contributed by atoms with Gasteiger partial charge in [-0.25, -0.2) is 4.98 Å². The second kappa shape index (κ2) is 4.19. The van der Waals surface area contributed by atoms with Crippen LogP contribution in [0.5, 0.6) is 0 Å². The van der Waals surface area contributed by atoms with Crippen LogP contribution in [0, 0.1) is 0 Å². The summed E-state index contributed by atoms with van der Waals surface area (Å²) in [6, 6.07) is 12.9. The van der Waals surface area contributed by atoms with Gasteiger partial charge in [0.2, 0.25) is 0 Å². The van der Waals surface area contributed by atoms with Crippen molar-refractivity contribution >= 4 is 34.7 Å². The summed E-state index contributed by atoms with van der Waals surface area (Å²) in [5.41, 5.74) is 8.44. The number of pyridine rings is 1. The van der Waals surface area contributed by atoms with Gasteiger partial charge in [0, 0.05) is 10.6 Å². The first-order valence-electron chi connectivity index (χ1n) is 5.35. The predicted molar refractivity (Wildman–Crippen MR) is 75.1 cm³/mol. The van der Waals surface area contributed by atoms with Gasteiger partial charge in [0.25, 0.3) is 0 Å². The van der Waals surface area contributed by atoms with Crippen LogP contribution in [0.4, 0.5) is 5.82 Å². The number of hydrogen-bond donors (Lipinski definition) is 1. The zero-order valence-corrected chi connectivity index (χ0v) is 10.8. The fourth-order valence-electron chi connectivity index (χ4n) is 1.90. The van der Waals surface area contributed by atoms with Crippen molar-refractivity contribution in [2.75, 3.05) is 5.73 Å². The minimum atomic E-state index is 0.526. The van der Waals surface area contributed by atoms with Crippen molar-refractivity contribution < 1.29 is 0 Å². The maximum Gasteiger partial charge on any atom is 0.140 e. The predicted octanol–water partition coefficient (Wildman–Crippen LogP) is 3.89. The smallest absolute Gasteiger partial charge is 0.140 e. The molecule has 0 spiro atoms. The molecule has 2 N–H and O–H groups in total. The van der Waals surface area contributed by atoms with Crippen LogP contribution in [0.15, 0.2) is 42.5 Å². The first kappa shape index (κ1) is 11.4. The van der Waals surface area contributed by atoms with Gasteiger partial charge in [-0.1, -0.05) is 41.4 Å². The molecule has 3 nitrogen and oxygen atoms in total. The van der Waals surface area contributed by atoms with Crippen LogP contribution in [0.2, 0.25) is 10.2 Å². The first-order valence-corrected chi connectivity index (χ1v) is 6.11. The Balaban J connectivity index is 2.27. The highest BCUT2D eigenvalue weighted by molar-refractivity contribution is 6.30. The molecule has 18 heavy (non-hydrogen) atoms.